The van der Waals surface area contributed by atoms with E-state index in [1.807, 2.05) is 25.2 Å². The first-order valence-electron chi connectivity index (χ1n) is 3.89. The quantitative estimate of drug-likeness (QED) is 0.586. The first-order valence-corrected chi connectivity index (χ1v) is 4.27. The van der Waals surface area contributed by atoms with Gasteiger partial charge in [0.2, 0.25) is 0 Å². The van der Waals surface area contributed by atoms with E-state index in [4.69, 9.17) is 11.6 Å². The largest absolute Gasteiger partial charge is 0.353 e. The number of fused-ring (bicyclic) bond motifs is 1. The van der Waals surface area contributed by atoms with Gasteiger partial charge in [-0.3, -0.25) is 0 Å². The van der Waals surface area contributed by atoms with Crippen LogP contribution in [0.1, 0.15) is 5.69 Å². The van der Waals surface area contributed by atoms with E-state index in [1.54, 1.807) is 0 Å². The van der Waals surface area contributed by atoms with Crippen molar-refractivity contribution in [3.05, 3.63) is 35.1 Å². The van der Waals surface area contributed by atoms with E-state index in [1.165, 1.54) is 16.5 Å². The summed E-state index contributed by atoms with van der Waals surface area (Å²) in [5.74, 6) is 0. The number of rotatable bonds is 0. The van der Waals surface area contributed by atoms with Gasteiger partial charge in [-0.1, -0.05) is 17.7 Å². The second-order valence-corrected chi connectivity index (χ2v) is 3.49. The minimum Gasteiger partial charge on any atom is -0.353 e. The molecule has 0 aliphatic rings. The minimum atomic E-state index is 0.803. The molecule has 2 rings (SSSR count). The van der Waals surface area contributed by atoms with Gasteiger partial charge < -0.3 is 4.57 Å². The van der Waals surface area contributed by atoms with Crippen LogP contribution in [0.15, 0.2) is 24.4 Å². The van der Waals surface area contributed by atoms with Crippen molar-refractivity contribution >= 4 is 22.4 Å². The summed E-state index contributed by atoms with van der Waals surface area (Å²) >= 11 is 5.89. The summed E-state index contributed by atoms with van der Waals surface area (Å²) in [5.41, 5.74) is 1.26. The number of hydrogen-bond acceptors (Lipinski definition) is 0. The molecule has 1 heterocycles. The molecular weight excluding hydrogens is 170 g/mol. The van der Waals surface area contributed by atoms with E-state index in [9.17, 15) is 0 Å². The van der Waals surface area contributed by atoms with Crippen LogP contribution in [0.3, 0.4) is 0 Å². The first kappa shape index (κ1) is 7.69. The van der Waals surface area contributed by atoms with E-state index >= 15 is 0 Å². The van der Waals surface area contributed by atoms with Gasteiger partial charge in [0, 0.05) is 29.3 Å². The van der Waals surface area contributed by atoms with Gasteiger partial charge >= 0.3 is 0 Å². The maximum atomic E-state index is 5.89. The molecule has 0 N–H and O–H groups in total. The van der Waals surface area contributed by atoms with E-state index < -0.39 is 0 Å². The van der Waals surface area contributed by atoms with Crippen molar-refractivity contribution in [2.24, 2.45) is 7.05 Å². The Morgan fingerprint density at radius 2 is 2.08 bits per heavy atom. The van der Waals surface area contributed by atoms with Crippen LogP contribution in [0.25, 0.3) is 10.8 Å². The summed E-state index contributed by atoms with van der Waals surface area (Å²) in [6.45, 7) is 2.10. The Kier molecular flexibility index (Phi) is 1.62. The molecule has 1 aromatic carbocycles. The van der Waals surface area contributed by atoms with Gasteiger partial charge in [-0.25, -0.2) is 0 Å². The van der Waals surface area contributed by atoms with Crippen molar-refractivity contribution in [2.75, 3.05) is 0 Å². The monoisotopic (exact) mass is 179 g/mol. The fourth-order valence-electron chi connectivity index (χ4n) is 1.45. The molecule has 1 nitrogen and oxygen atoms in total. The molecule has 0 unspecified atom stereocenters. The molecule has 62 valence electrons. The van der Waals surface area contributed by atoms with E-state index in [2.05, 4.69) is 17.7 Å². The Morgan fingerprint density at radius 3 is 2.83 bits per heavy atom. The van der Waals surface area contributed by atoms with Crippen LogP contribution < -0.4 is 0 Å². The number of aryl methyl sites for hydroxylation is 2. The number of aromatic nitrogens is 1. The Balaban J connectivity index is 2.88. The lowest BCUT2D eigenvalue weighted by Crippen LogP contribution is -1.85. The highest BCUT2D eigenvalue weighted by atomic mass is 35.5. The predicted molar refractivity (Wildman–Crippen MR) is 52.7 cm³/mol. The molecule has 1 aromatic heterocycles. The van der Waals surface area contributed by atoms with Crippen LogP contribution in [0.5, 0.6) is 0 Å². The molecule has 0 amide bonds. The van der Waals surface area contributed by atoms with Gasteiger partial charge in [0.15, 0.2) is 0 Å². The number of benzene rings is 1. The molecule has 0 saturated carbocycles. The molecule has 0 aliphatic heterocycles. The highest BCUT2D eigenvalue weighted by Crippen LogP contribution is 2.23. The topological polar surface area (TPSA) is 4.93 Å². The van der Waals surface area contributed by atoms with Crippen LogP contribution in [0.2, 0.25) is 5.02 Å². The molecule has 0 bridgehead atoms. The molecule has 0 fully saturated rings. The average Bonchev–Trinajstić information content (AvgIpc) is 2.31. The molecule has 12 heavy (non-hydrogen) atoms. The highest BCUT2D eigenvalue weighted by molar-refractivity contribution is 6.31. The third kappa shape index (κ3) is 1.01. The lowest BCUT2D eigenvalue weighted by molar-refractivity contribution is 0.889. The van der Waals surface area contributed by atoms with Crippen molar-refractivity contribution in [1.29, 1.82) is 0 Å². The Morgan fingerprint density at radius 1 is 1.33 bits per heavy atom. The molecule has 2 aromatic rings. The molecule has 0 atom stereocenters. The third-order valence-electron chi connectivity index (χ3n) is 2.27. The number of nitrogens with zero attached hydrogens (tertiary/aromatic N) is 1. The lowest BCUT2D eigenvalue weighted by Gasteiger charge is -1.94. The van der Waals surface area contributed by atoms with Crippen molar-refractivity contribution in [1.82, 2.24) is 4.57 Å². The fraction of sp³-hybridized carbons (Fsp3) is 0.200. The van der Waals surface area contributed by atoms with Crippen LogP contribution >= 0.6 is 11.6 Å². The third-order valence-corrected chi connectivity index (χ3v) is 2.50. The zero-order valence-corrected chi connectivity index (χ0v) is 7.89. The van der Waals surface area contributed by atoms with Gasteiger partial charge in [-0.2, -0.15) is 0 Å². The van der Waals surface area contributed by atoms with Crippen LogP contribution in [0.4, 0.5) is 0 Å². The number of hydrogen-bond donors (Lipinski definition) is 0. The summed E-state index contributed by atoms with van der Waals surface area (Å²) in [5, 5.41) is 3.29. The van der Waals surface area contributed by atoms with Crippen molar-refractivity contribution < 1.29 is 0 Å². The Bertz CT molecular complexity index is 429. The molecule has 0 radical (unpaired) electrons. The zero-order valence-electron chi connectivity index (χ0n) is 7.13. The number of halogens is 1. The van der Waals surface area contributed by atoms with Crippen LogP contribution in [-0.4, -0.2) is 4.57 Å². The minimum absolute atomic E-state index is 0.803. The SMILES string of the molecule is Cc1c2cc(Cl)ccc2cn1C. The molecule has 0 aliphatic carbocycles. The van der Waals surface area contributed by atoms with E-state index in [0.29, 0.717) is 0 Å². The van der Waals surface area contributed by atoms with Gasteiger partial charge in [-0.05, 0) is 24.4 Å². The summed E-state index contributed by atoms with van der Waals surface area (Å²) in [4.78, 5) is 0. The molecule has 0 spiro atoms. The van der Waals surface area contributed by atoms with Crippen molar-refractivity contribution in [3.8, 4) is 0 Å². The summed E-state index contributed by atoms with van der Waals surface area (Å²) in [7, 11) is 2.04. The molecule has 0 saturated heterocycles. The van der Waals surface area contributed by atoms with Crippen LogP contribution in [0, 0.1) is 6.92 Å². The fourth-order valence-corrected chi connectivity index (χ4v) is 1.62. The Hall–Kier alpha value is -0.950. The zero-order chi connectivity index (χ0) is 8.72. The Labute approximate surface area is 76.6 Å². The molecular formula is C10H10ClN. The summed E-state index contributed by atoms with van der Waals surface area (Å²) < 4.78 is 2.11. The second-order valence-electron chi connectivity index (χ2n) is 3.06. The standard InChI is InChI=1S/C10H10ClN/c1-7-10-5-9(11)4-3-8(10)6-12(7)2/h3-6H,1-2H3. The van der Waals surface area contributed by atoms with Gasteiger partial charge in [0.05, 0.1) is 0 Å². The van der Waals surface area contributed by atoms with E-state index in [0.717, 1.165) is 5.02 Å². The van der Waals surface area contributed by atoms with Gasteiger partial charge in [0.25, 0.3) is 0 Å². The lowest BCUT2D eigenvalue weighted by atomic mass is 10.2. The summed E-state index contributed by atoms with van der Waals surface area (Å²) in [6.07, 6.45) is 2.11. The normalized spacial score (nSPS) is 10.9. The van der Waals surface area contributed by atoms with Gasteiger partial charge in [-0.15, -0.1) is 0 Å². The smallest absolute Gasteiger partial charge is 0.0413 e. The van der Waals surface area contributed by atoms with Crippen molar-refractivity contribution in [3.63, 3.8) is 0 Å². The van der Waals surface area contributed by atoms with Crippen molar-refractivity contribution in [2.45, 2.75) is 6.92 Å². The maximum Gasteiger partial charge on any atom is 0.0413 e. The maximum absolute atomic E-state index is 5.89. The van der Waals surface area contributed by atoms with E-state index in [-0.39, 0.29) is 0 Å². The van der Waals surface area contributed by atoms with Gasteiger partial charge in [0.1, 0.15) is 0 Å². The predicted octanol–water partition coefficient (Wildman–Crippen LogP) is 3.14. The second kappa shape index (κ2) is 2.53. The molecule has 2 heteroatoms. The summed E-state index contributed by atoms with van der Waals surface area (Å²) in [6, 6.07) is 5.97. The van der Waals surface area contributed by atoms with Crippen LogP contribution in [-0.2, 0) is 7.05 Å². The highest BCUT2D eigenvalue weighted by Gasteiger charge is 2.01. The average molecular weight is 180 g/mol. The first-order chi connectivity index (χ1) is 5.68.